The fourth-order valence-corrected chi connectivity index (χ4v) is 6.18. The van der Waals surface area contributed by atoms with Crippen LogP contribution in [-0.2, 0) is 13.0 Å². The average molecular weight is 590 g/mol. The molecule has 0 saturated heterocycles. The highest BCUT2D eigenvalue weighted by Gasteiger charge is 2.25. The van der Waals surface area contributed by atoms with Gasteiger partial charge in [0.25, 0.3) is 0 Å². The lowest BCUT2D eigenvalue weighted by atomic mass is 9.95. The number of ether oxygens (including phenoxy) is 1. The van der Waals surface area contributed by atoms with Crippen molar-refractivity contribution in [3.63, 3.8) is 0 Å². The Labute approximate surface area is 269 Å². The number of allylic oxidation sites excluding steroid dienone is 9. The summed E-state index contributed by atoms with van der Waals surface area (Å²) in [5, 5.41) is 1.19. The maximum Gasteiger partial charge on any atom is 0.123 e. The number of benzene rings is 4. The highest BCUT2D eigenvalue weighted by Crippen LogP contribution is 2.42. The van der Waals surface area contributed by atoms with Crippen LogP contribution in [0.3, 0.4) is 0 Å². The largest absolute Gasteiger partial charge is 0.489 e. The Kier molecular flexibility index (Phi) is 10.2. The average Bonchev–Trinajstić information content (AvgIpc) is 3.42. The Morgan fingerprint density at radius 2 is 1.51 bits per heavy atom. The molecule has 0 saturated carbocycles. The number of rotatable bonds is 6. The van der Waals surface area contributed by atoms with Gasteiger partial charge in [-0.3, -0.25) is 0 Å². The lowest BCUT2D eigenvalue weighted by molar-refractivity contribution is 0.305. The van der Waals surface area contributed by atoms with Crippen LogP contribution >= 0.6 is 0 Å². The van der Waals surface area contributed by atoms with Crippen molar-refractivity contribution >= 4 is 22.2 Å². The van der Waals surface area contributed by atoms with Gasteiger partial charge in [-0.1, -0.05) is 136 Å². The van der Waals surface area contributed by atoms with E-state index in [0.717, 1.165) is 34.7 Å². The van der Waals surface area contributed by atoms with Crippen molar-refractivity contribution in [2.24, 2.45) is 0 Å². The topological polar surface area (TPSA) is 14.2 Å². The van der Waals surface area contributed by atoms with E-state index in [9.17, 15) is 0 Å². The molecule has 0 spiro atoms. The lowest BCUT2D eigenvalue weighted by Crippen LogP contribution is -2.04. The van der Waals surface area contributed by atoms with Crippen molar-refractivity contribution in [3.8, 4) is 17.0 Å². The lowest BCUT2D eigenvalue weighted by Gasteiger charge is -2.19. The maximum atomic E-state index is 6.57. The molecule has 2 heterocycles. The second-order valence-electron chi connectivity index (χ2n) is 11.0. The minimum absolute atomic E-state index is 0.481. The van der Waals surface area contributed by atoms with E-state index in [-0.39, 0.29) is 0 Å². The number of aryl methyl sites for hydroxylation is 1. The zero-order chi connectivity index (χ0) is 31.8. The quantitative estimate of drug-likeness (QED) is 0.180. The molecular formula is C43H43NO. The van der Waals surface area contributed by atoms with Gasteiger partial charge in [0.1, 0.15) is 12.4 Å². The first-order valence-electron chi connectivity index (χ1n) is 15.9. The summed E-state index contributed by atoms with van der Waals surface area (Å²) < 4.78 is 8.97. The molecule has 0 N–H and O–H groups in total. The number of fused-ring (bicyclic) bond motifs is 6. The molecular weight excluding hydrogens is 546 g/mol. The molecule has 0 radical (unpaired) electrons. The fraction of sp³-hybridized carbons (Fsp3) is 0.163. The van der Waals surface area contributed by atoms with Crippen LogP contribution in [0.15, 0.2) is 146 Å². The second kappa shape index (κ2) is 14.6. The minimum Gasteiger partial charge on any atom is -0.489 e. The first kappa shape index (κ1) is 31.3. The maximum absolute atomic E-state index is 6.57. The highest BCUT2D eigenvalue weighted by molar-refractivity contribution is 5.97. The van der Waals surface area contributed by atoms with Gasteiger partial charge >= 0.3 is 0 Å². The minimum atomic E-state index is 0.481. The number of hydrogen-bond donors (Lipinski definition) is 0. The Hall–Kier alpha value is -5.08. The molecule has 0 aliphatic carbocycles. The Morgan fingerprint density at radius 1 is 0.822 bits per heavy atom. The zero-order valence-electron chi connectivity index (χ0n) is 27.2. The Bertz CT molecular complexity index is 1940. The van der Waals surface area contributed by atoms with Gasteiger partial charge < -0.3 is 9.30 Å². The van der Waals surface area contributed by atoms with E-state index in [1.807, 2.05) is 19.9 Å². The van der Waals surface area contributed by atoms with Crippen LogP contribution in [0.5, 0.6) is 5.75 Å². The molecule has 1 aliphatic heterocycles. The molecule has 2 heteroatoms. The molecule has 6 rings (SSSR count). The number of para-hydroxylation sites is 2. The van der Waals surface area contributed by atoms with Crippen LogP contribution in [0, 0.1) is 6.92 Å². The third-order valence-electron chi connectivity index (χ3n) is 8.29. The van der Waals surface area contributed by atoms with Crippen LogP contribution in [0.1, 0.15) is 55.5 Å². The Balaban J connectivity index is 0.00000196. The molecule has 0 atom stereocenters. The van der Waals surface area contributed by atoms with E-state index in [0.29, 0.717) is 6.61 Å². The first-order valence-corrected chi connectivity index (χ1v) is 15.9. The molecule has 4 aromatic carbocycles. The van der Waals surface area contributed by atoms with Gasteiger partial charge in [-0.15, -0.1) is 0 Å². The summed E-state index contributed by atoms with van der Waals surface area (Å²) in [5.41, 5.74) is 13.1. The van der Waals surface area contributed by atoms with E-state index < -0.39 is 0 Å². The first-order chi connectivity index (χ1) is 22.1. The molecule has 1 aromatic heterocycles. The molecule has 226 valence electrons. The Morgan fingerprint density at radius 3 is 2.29 bits per heavy atom. The van der Waals surface area contributed by atoms with Gasteiger partial charge in [0.05, 0.1) is 16.9 Å². The summed E-state index contributed by atoms with van der Waals surface area (Å²) in [6.45, 7) is 15.0. The molecule has 0 fully saturated rings. The van der Waals surface area contributed by atoms with Gasteiger partial charge in [-0.25, -0.2) is 0 Å². The molecule has 0 unspecified atom stereocenters. The van der Waals surface area contributed by atoms with Crippen LogP contribution in [-0.4, -0.2) is 4.57 Å². The third-order valence-corrected chi connectivity index (χ3v) is 8.29. The van der Waals surface area contributed by atoms with Crippen LogP contribution in [0.4, 0.5) is 0 Å². The molecule has 5 aromatic rings. The summed E-state index contributed by atoms with van der Waals surface area (Å²) in [6, 6.07) is 34.4. The summed E-state index contributed by atoms with van der Waals surface area (Å²) in [5.74, 6) is 0.941. The summed E-state index contributed by atoms with van der Waals surface area (Å²) in [7, 11) is 0. The number of hydrogen-bond acceptors (Lipinski definition) is 1. The molecule has 1 aliphatic rings. The predicted molar refractivity (Wildman–Crippen MR) is 194 cm³/mol. The van der Waals surface area contributed by atoms with E-state index in [1.54, 1.807) is 0 Å². The summed E-state index contributed by atoms with van der Waals surface area (Å²) in [6.07, 6.45) is 13.5. The van der Waals surface area contributed by atoms with Gasteiger partial charge in [0.15, 0.2) is 0 Å². The van der Waals surface area contributed by atoms with Crippen LogP contribution in [0.25, 0.3) is 33.4 Å². The van der Waals surface area contributed by atoms with Crippen molar-refractivity contribution in [3.05, 3.63) is 173 Å². The molecule has 2 nitrogen and oxygen atoms in total. The normalized spacial score (nSPS) is 13.4. The number of aromatic nitrogens is 1. The highest BCUT2D eigenvalue weighted by atomic mass is 16.5. The summed E-state index contributed by atoms with van der Waals surface area (Å²) in [4.78, 5) is 0. The van der Waals surface area contributed by atoms with E-state index in [4.69, 9.17) is 4.74 Å². The van der Waals surface area contributed by atoms with Crippen molar-refractivity contribution in [1.82, 2.24) is 4.57 Å². The van der Waals surface area contributed by atoms with Crippen molar-refractivity contribution in [2.45, 2.75) is 47.6 Å². The van der Waals surface area contributed by atoms with E-state index in [2.05, 4.69) is 159 Å². The SMILES string of the molecule is C=C\C=C(C(/C=C\C=C(/C)c1ccccc1C)=C\C)\n1c2c(c3ccccc31)COc1ccccc1Cc1ccccc1-2.CC. The monoisotopic (exact) mass is 589 g/mol. The molecule has 45 heavy (non-hydrogen) atoms. The van der Waals surface area contributed by atoms with Gasteiger partial charge in [0, 0.05) is 22.9 Å². The van der Waals surface area contributed by atoms with Crippen molar-refractivity contribution in [1.29, 1.82) is 0 Å². The standard InChI is InChI=1S/C41H37NO.C2H6/c1-5-16-38(31(6-2)21-15-18-30(4)34-22-10-7-17-29(34)3)42-39-25-13-12-24-36(39)37-28-43-40-26-14-9-20-33(40)27-32-19-8-11-23-35(32)41(37)42;1-2/h5-26H,1,27-28H2,2-4H3;1-2H3/b21-15-,30-18+,31-6-,38-16+;. The molecule has 0 amide bonds. The molecule has 0 bridgehead atoms. The van der Waals surface area contributed by atoms with Crippen molar-refractivity contribution < 1.29 is 4.74 Å². The summed E-state index contributed by atoms with van der Waals surface area (Å²) >= 11 is 0. The smallest absolute Gasteiger partial charge is 0.123 e. The predicted octanol–water partition coefficient (Wildman–Crippen LogP) is 11.8. The van der Waals surface area contributed by atoms with Crippen LogP contribution < -0.4 is 4.74 Å². The zero-order valence-corrected chi connectivity index (χ0v) is 27.2. The third kappa shape index (κ3) is 6.42. The van der Waals surface area contributed by atoms with Gasteiger partial charge in [0.2, 0.25) is 0 Å². The van der Waals surface area contributed by atoms with Gasteiger partial charge in [-0.05, 0) is 72.4 Å². The van der Waals surface area contributed by atoms with Crippen LogP contribution in [0.2, 0.25) is 0 Å². The number of nitrogens with zero attached hydrogens (tertiary/aromatic N) is 1. The van der Waals surface area contributed by atoms with Gasteiger partial charge in [-0.2, -0.15) is 0 Å². The van der Waals surface area contributed by atoms with E-state index >= 15 is 0 Å². The van der Waals surface area contributed by atoms with Crippen molar-refractivity contribution in [2.75, 3.05) is 0 Å². The second-order valence-corrected chi connectivity index (χ2v) is 11.0. The fourth-order valence-electron chi connectivity index (χ4n) is 6.18. The van der Waals surface area contributed by atoms with E-state index in [1.165, 1.54) is 44.3 Å².